The van der Waals surface area contributed by atoms with Crippen molar-refractivity contribution in [1.29, 1.82) is 0 Å². The van der Waals surface area contributed by atoms with Gasteiger partial charge in [0.1, 0.15) is 5.70 Å². The van der Waals surface area contributed by atoms with E-state index in [-0.39, 0.29) is 24.5 Å². The summed E-state index contributed by atoms with van der Waals surface area (Å²) in [5, 5.41) is 0.800. The van der Waals surface area contributed by atoms with E-state index in [2.05, 4.69) is 0 Å². The topological polar surface area (TPSA) is 49.9 Å². The predicted octanol–water partition coefficient (Wildman–Crippen LogP) is 4.78. The highest BCUT2D eigenvalue weighted by atomic mass is 35.5. The van der Waals surface area contributed by atoms with Crippen molar-refractivity contribution in [2.75, 3.05) is 24.6 Å². The van der Waals surface area contributed by atoms with Crippen molar-refractivity contribution >= 4 is 46.3 Å². The molecular weight excluding hydrogens is 423 g/mol. The highest BCUT2D eigenvalue weighted by Gasteiger charge is 2.43. The number of carbonyl (C=O) groups excluding carboxylic acids is 2. The number of nitrogens with zero attached hydrogens (tertiary/aromatic N) is 2. The number of halogens is 2. The van der Waals surface area contributed by atoms with E-state index in [1.165, 1.54) is 4.90 Å². The first kappa shape index (κ1) is 20.9. The zero-order valence-electron chi connectivity index (χ0n) is 16.6. The first-order valence-electron chi connectivity index (χ1n) is 10.0. The molecule has 2 aromatic carbocycles. The molecule has 1 atom stereocenters. The van der Waals surface area contributed by atoms with Gasteiger partial charge >= 0.3 is 0 Å². The molecule has 4 rings (SSSR count). The SMILES string of the molecule is CCN(C1=C(c2ccc(Cl)cc2Cl)C(=O)N(CC2CCCO2)C1=O)c1ccccc1. The third-order valence-corrected chi connectivity index (χ3v) is 5.96. The van der Waals surface area contributed by atoms with Gasteiger partial charge in [-0.15, -0.1) is 0 Å². The fourth-order valence-corrected chi connectivity index (χ4v) is 4.49. The average molecular weight is 445 g/mol. The van der Waals surface area contributed by atoms with E-state index < -0.39 is 0 Å². The van der Waals surface area contributed by atoms with Gasteiger partial charge in [-0.2, -0.15) is 0 Å². The van der Waals surface area contributed by atoms with Crippen molar-refractivity contribution in [3.63, 3.8) is 0 Å². The van der Waals surface area contributed by atoms with Gasteiger partial charge in [0, 0.05) is 29.4 Å². The van der Waals surface area contributed by atoms with Crippen molar-refractivity contribution in [2.45, 2.75) is 25.9 Å². The number of ether oxygens (including phenoxy) is 1. The van der Waals surface area contributed by atoms with Crippen LogP contribution < -0.4 is 4.90 Å². The van der Waals surface area contributed by atoms with E-state index in [1.54, 1.807) is 18.2 Å². The van der Waals surface area contributed by atoms with Gasteiger partial charge in [0.2, 0.25) is 0 Å². The van der Waals surface area contributed by atoms with Crippen LogP contribution in [0.3, 0.4) is 0 Å². The van der Waals surface area contributed by atoms with Crippen LogP contribution in [0.1, 0.15) is 25.3 Å². The lowest BCUT2D eigenvalue weighted by Gasteiger charge is -2.25. The Bertz CT molecular complexity index is 1000. The second-order valence-electron chi connectivity index (χ2n) is 7.28. The number of benzene rings is 2. The van der Waals surface area contributed by atoms with Crippen LogP contribution in [0.15, 0.2) is 54.2 Å². The number of rotatable bonds is 6. The number of para-hydroxylation sites is 1. The summed E-state index contributed by atoms with van der Waals surface area (Å²) in [7, 11) is 0. The number of likely N-dealkylation sites (N-methyl/N-ethyl adjacent to an activating group) is 1. The Balaban J connectivity index is 1.83. The summed E-state index contributed by atoms with van der Waals surface area (Å²) in [6, 6.07) is 14.5. The summed E-state index contributed by atoms with van der Waals surface area (Å²) < 4.78 is 5.68. The molecule has 0 spiro atoms. The Labute approximate surface area is 185 Å². The summed E-state index contributed by atoms with van der Waals surface area (Å²) in [5.74, 6) is -0.689. The van der Waals surface area contributed by atoms with Gasteiger partial charge < -0.3 is 9.64 Å². The Morgan fingerprint density at radius 1 is 1.10 bits per heavy atom. The maximum Gasteiger partial charge on any atom is 0.278 e. The fraction of sp³-hybridized carbons (Fsp3) is 0.304. The molecule has 0 N–H and O–H groups in total. The monoisotopic (exact) mass is 444 g/mol. The molecule has 1 unspecified atom stereocenters. The van der Waals surface area contributed by atoms with E-state index in [0.717, 1.165) is 18.5 Å². The molecule has 2 heterocycles. The number of anilines is 1. The number of hydrogen-bond donors (Lipinski definition) is 0. The molecule has 0 bridgehead atoms. The molecule has 2 aromatic rings. The molecule has 156 valence electrons. The standard InChI is InChI=1S/C23H22Cl2N2O3/c1-2-26(16-7-4-3-5-8-16)21-20(18-11-10-15(24)13-19(18)25)22(28)27(23(21)29)14-17-9-6-12-30-17/h3-5,7-8,10-11,13,17H,2,6,9,12,14H2,1H3. The zero-order valence-corrected chi connectivity index (χ0v) is 18.1. The van der Waals surface area contributed by atoms with Crippen LogP contribution in [0.4, 0.5) is 5.69 Å². The molecule has 1 saturated heterocycles. The summed E-state index contributed by atoms with van der Waals surface area (Å²) in [6.45, 7) is 3.35. The van der Waals surface area contributed by atoms with Crippen molar-refractivity contribution in [3.05, 3.63) is 69.8 Å². The van der Waals surface area contributed by atoms with Crippen LogP contribution >= 0.6 is 23.2 Å². The Kier molecular flexibility index (Phi) is 6.14. The Morgan fingerprint density at radius 2 is 1.87 bits per heavy atom. The molecule has 2 aliphatic heterocycles. The zero-order chi connectivity index (χ0) is 21.3. The van der Waals surface area contributed by atoms with E-state index >= 15 is 0 Å². The van der Waals surface area contributed by atoms with Gasteiger partial charge in [-0.3, -0.25) is 14.5 Å². The molecule has 1 fully saturated rings. The quantitative estimate of drug-likeness (QED) is 0.601. The maximum atomic E-state index is 13.5. The molecule has 5 nitrogen and oxygen atoms in total. The number of hydrogen-bond acceptors (Lipinski definition) is 4. The number of carbonyl (C=O) groups is 2. The van der Waals surface area contributed by atoms with E-state index in [1.807, 2.05) is 42.2 Å². The van der Waals surface area contributed by atoms with Crippen LogP contribution in [-0.2, 0) is 14.3 Å². The predicted molar refractivity (Wildman–Crippen MR) is 119 cm³/mol. The normalized spacial score (nSPS) is 19.2. The van der Waals surface area contributed by atoms with Gasteiger partial charge in [-0.25, -0.2) is 0 Å². The van der Waals surface area contributed by atoms with Crippen molar-refractivity contribution in [2.24, 2.45) is 0 Å². The minimum atomic E-state index is -0.357. The summed E-state index contributed by atoms with van der Waals surface area (Å²) in [4.78, 5) is 30.1. The molecule has 0 saturated carbocycles. The minimum Gasteiger partial charge on any atom is -0.376 e. The van der Waals surface area contributed by atoms with Crippen LogP contribution in [0.2, 0.25) is 10.0 Å². The van der Waals surface area contributed by atoms with Crippen molar-refractivity contribution < 1.29 is 14.3 Å². The second kappa shape index (κ2) is 8.80. The highest BCUT2D eigenvalue weighted by Crippen LogP contribution is 2.38. The minimum absolute atomic E-state index is 0.133. The summed E-state index contributed by atoms with van der Waals surface area (Å²) >= 11 is 12.5. The van der Waals surface area contributed by atoms with E-state index in [0.29, 0.717) is 40.0 Å². The second-order valence-corrected chi connectivity index (χ2v) is 8.13. The smallest absolute Gasteiger partial charge is 0.278 e. The van der Waals surface area contributed by atoms with Crippen LogP contribution in [-0.4, -0.2) is 42.5 Å². The fourth-order valence-electron chi connectivity index (χ4n) is 3.98. The molecule has 2 aliphatic rings. The average Bonchev–Trinajstić information content (AvgIpc) is 3.33. The van der Waals surface area contributed by atoms with Gasteiger partial charge in [-0.05, 0) is 44.0 Å². The molecule has 2 amide bonds. The lowest BCUT2D eigenvalue weighted by molar-refractivity contribution is -0.138. The van der Waals surface area contributed by atoms with Crippen molar-refractivity contribution in [3.8, 4) is 0 Å². The maximum absolute atomic E-state index is 13.5. The van der Waals surface area contributed by atoms with Gasteiger partial charge in [-0.1, -0.05) is 47.5 Å². The van der Waals surface area contributed by atoms with Gasteiger partial charge in [0.05, 0.1) is 23.2 Å². The molecule has 7 heteroatoms. The molecule has 0 aromatic heterocycles. The molecule has 30 heavy (non-hydrogen) atoms. The summed E-state index contributed by atoms with van der Waals surface area (Å²) in [6.07, 6.45) is 1.63. The van der Waals surface area contributed by atoms with Crippen LogP contribution in [0.5, 0.6) is 0 Å². The third-order valence-electron chi connectivity index (χ3n) is 5.41. The van der Waals surface area contributed by atoms with Crippen molar-refractivity contribution in [1.82, 2.24) is 4.90 Å². The number of amides is 2. The lowest BCUT2D eigenvalue weighted by atomic mass is 10.0. The van der Waals surface area contributed by atoms with Gasteiger partial charge in [0.25, 0.3) is 11.8 Å². The Hall–Kier alpha value is -2.34. The molecule has 0 radical (unpaired) electrons. The summed E-state index contributed by atoms with van der Waals surface area (Å²) in [5.41, 5.74) is 1.96. The molecule has 0 aliphatic carbocycles. The first-order valence-corrected chi connectivity index (χ1v) is 10.8. The third kappa shape index (κ3) is 3.85. The van der Waals surface area contributed by atoms with Gasteiger partial charge in [0.15, 0.2) is 0 Å². The van der Waals surface area contributed by atoms with E-state index in [9.17, 15) is 9.59 Å². The van der Waals surface area contributed by atoms with Crippen LogP contribution in [0, 0.1) is 0 Å². The number of imide groups is 1. The first-order chi connectivity index (χ1) is 14.5. The van der Waals surface area contributed by atoms with E-state index in [4.69, 9.17) is 27.9 Å². The van der Waals surface area contributed by atoms with Crippen LogP contribution in [0.25, 0.3) is 5.57 Å². The highest BCUT2D eigenvalue weighted by molar-refractivity contribution is 6.41. The largest absolute Gasteiger partial charge is 0.376 e. The lowest BCUT2D eigenvalue weighted by Crippen LogP contribution is -2.40. The molecular formula is C23H22Cl2N2O3. The Morgan fingerprint density at radius 3 is 2.50 bits per heavy atom.